The number of rotatable bonds is 5. The molecule has 0 saturated carbocycles. The van der Waals surface area contributed by atoms with Gasteiger partial charge in [-0.2, -0.15) is 15.0 Å². The van der Waals surface area contributed by atoms with Crippen molar-refractivity contribution in [2.75, 3.05) is 0 Å². The fourth-order valence-corrected chi connectivity index (χ4v) is 2.04. The number of nitrogens with one attached hydrogen (secondary N) is 1. The first-order chi connectivity index (χ1) is 10.3. The molecule has 6 heteroatoms. The van der Waals surface area contributed by atoms with E-state index in [1.54, 1.807) is 17.1 Å². The number of halogens is 2. The summed E-state index contributed by atoms with van der Waals surface area (Å²) in [5.41, 5.74) is 2.68. The van der Waals surface area contributed by atoms with Crippen molar-refractivity contribution in [2.45, 2.75) is 13.1 Å². The molecule has 0 radical (unpaired) electrons. The van der Waals surface area contributed by atoms with E-state index in [4.69, 9.17) is 0 Å². The number of hydrogen-bond donors (Lipinski definition) is 1. The minimum Gasteiger partial charge on any atom is -0.307 e. The number of nitrogens with zero attached hydrogens (tertiary/aromatic N) is 3. The molecule has 0 atom stereocenters. The molecule has 0 saturated heterocycles. The fraction of sp³-hybridized carbons (Fsp3) is 0.125. The SMILES string of the molecule is Cl.Fc1cccc(CNCc2cnn(-c3ccccc3)n2)c1. The van der Waals surface area contributed by atoms with E-state index >= 15 is 0 Å². The Labute approximate surface area is 134 Å². The molecule has 0 aliphatic rings. The van der Waals surface area contributed by atoms with Gasteiger partial charge in [0, 0.05) is 13.1 Å². The molecular formula is C16H16ClFN4. The first-order valence-corrected chi connectivity index (χ1v) is 6.73. The third-order valence-electron chi connectivity index (χ3n) is 3.05. The van der Waals surface area contributed by atoms with Crippen molar-refractivity contribution in [1.82, 2.24) is 20.3 Å². The van der Waals surface area contributed by atoms with E-state index in [1.807, 2.05) is 36.4 Å². The second kappa shape index (κ2) is 7.68. The van der Waals surface area contributed by atoms with Gasteiger partial charge in [0.2, 0.25) is 0 Å². The van der Waals surface area contributed by atoms with Crippen molar-refractivity contribution in [3.63, 3.8) is 0 Å². The highest BCUT2D eigenvalue weighted by molar-refractivity contribution is 5.85. The summed E-state index contributed by atoms with van der Waals surface area (Å²) < 4.78 is 13.1. The predicted octanol–water partition coefficient (Wildman–Crippen LogP) is 3.12. The molecule has 0 spiro atoms. The molecule has 4 nitrogen and oxygen atoms in total. The smallest absolute Gasteiger partial charge is 0.123 e. The molecule has 0 bridgehead atoms. The Hall–Kier alpha value is -2.24. The highest BCUT2D eigenvalue weighted by atomic mass is 35.5. The maximum atomic E-state index is 13.1. The van der Waals surface area contributed by atoms with Crippen LogP contribution < -0.4 is 5.32 Å². The van der Waals surface area contributed by atoms with Crippen LogP contribution in [0.3, 0.4) is 0 Å². The molecular weight excluding hydrogens is 303 g/mol. The normalized spacial score (nSPS) is 10.2. The van der Waals surface area contributed by atoms with Crippen molar-refractivity contribution in [3.05, 3.63) is 77.9 Å². The second-order valence-electron chi connectivity index (χ2n) is 4.69. The van der Waals surface area contributed by atoms with Crippen LogP contribution in [0.25, 0.3) is 5.69 Å². The van der Waals surface area contributed by atoms with Gasteiger partial charge in [0.05, 0.1) is 17.6 Å². The van der Waals surface area contributed by atoms with E-state index in [1.165, 1.54) is 12.1 Å². The van der Waals surface area contributed by atoms with Crippen molar-refractivity contribution in [2.24, 2.45) is 0 Å². The van der Waals surface area contributed by atoms with Crippen LogP contribution in [-0.4, -0.2) is 15.0 Å². The van der Waals surface area contributed by atoms with E-state index in [2.05, 4.69) is 15.5 Å². The second-order valence-corrected chi connectivity index (χ2v) is 4.69. The lowest BCUT2D eigenvalue weighted by atomic mass is 10.2. The van der Waals surface area contributed by atoms with Crippen LogP contribution in [0.2, 0.25) is 0 Å². The Kier molecular flexibility index (Phi) is 5.63. The molecule has 0 fully saturated rings. The van der Waals surface area contributed by atoms with Crippen LogP contribution in [-0.2, 0) is 13.1 Å². The standard InChI is InChI=1S/C16H15FN4.ClH/c17-14-6-4-5-13(9-14)10-18-11-15-12-19-21(20-15)16-7-2-1-3-8-16;/h1-9,12,18H,10-11H2;1H. The molecule has 114 valence electrons. The van der Waals surface area contributed by atoms with Crippen LogP contribution in [0.15, 0.2) is 60.8 Å². The van der Waals surface area contributed by atoms with Crippen molar-refractivity contribution >= 4 is 12.4 Å². The predicted molar refractivity (Wildman–Crippen MR) is 85.6 cm³/mol. The quantitative estimate of drug-likeness (QED) is 0.786. The molecule has 0 unspecified atom stereocenters. The van der Waals surface area contributed by atoms with Crippen molar-refractivity contribution in [1.29, 1.82) is 0 Å². The molecule has 1 N–H and O–H groups in total. The van der Waals surface area contributed by atoms with Gasteiger partial charge in [-0.25, -0.2) is 4.39 Å². The zero-order valence-electron chi connectivity index (χ0n) is 11.8. The van der Waals surface area contributed by atoms with Crippen LogP contribution in [0.5, 0.6) is 0 Å². The third-order valence-corrected chi connectivity index (χ3v) is 3.05. The summed E-state index contributed by atoms with van der Waals surface area (Å²) in [6.45, 7) is 1.18. The highest BCUT2D eigenvalue weighted by Gasteiger charge is 2.02. The Morgan fingerprint density at radius 2 is 1.82 bits per heavy atom. The minimum atomic E-state index is -0.218. The summed E-state index contributed by atoms with van der Waals surface area (Å²) in [5.74, 6) is -0.218. The molecule has 22 heavy (non-hydrogen) atoms. The third kappa shape index (κ3) is 4.13. The summed E-state index contributed by atoms with van der Waals surface area (Å²) in [4.78, 5) is 1.60. The van der Waals surface area contributed by atoms with Crippen LogP contribution in [0, 0.1) is 5.82 Å². The van der Waals surface area contributed by atoms with Gasteiger partial charge in [-0.3, -0.25) is 0 Å². The monoisotopic (exact) mass is 318 g/mol. The highest BCUT2D eigenvalue weighted by Crippen LogP contribution is 2.05. The van der Waals surface area contributed by atoms with Gasteiger partial charge < -0.3 is 5.32 Å². The summed E-state index contributed by atoms with van der Waals surface area (Å²) in [7, 11) is 0. The van der Waals surface area contributed by atoms with Gasteiger partial charge >= 0.3 is 0 Å². The lowest BCUT2D eigenvalue weighted by molar-refractivity contribution is 0.618. The first-order valence-electron chi connectivity index (χ1n) is 6.73. The van der Waals surface area contributed by atoms with Crippen LogP contribution in [0.4, 0.5) is 4.39 Å². The van der Waals surface area contributed by atoms with E-state index in [-0.39, 0.29) is 18.2 Å². The maximum absolute atomic E-state index is 13.1. The van der Waals surface area contributed by atoms with E-state index in [0.29, 0.717) is 13.1 Å². The van der Waals surface area contributed by atoms with Gasteiger partial charge in [-0.05, 0) is 29.8 Å². The van der Waals surface area contributed by atoms with Crippen LogP contribution in [0.1, 0.15) is 11.3 Å². The van der Waals surface area contributed by atoms with E-state index in [9.17, 15) is 4.39 Å². The van der Waals surface area contributed by atoms with E-state index < -0.39 is 0 Å². The number of benzene rings is 2. The molecule has 0 aliphatic heterocycles. The fourth-order valence-electron chi connectivity index (χ4n) is 2.04. The molecule has 0 aliphatic carbocycles. The lowest BCUT2D eigenvalue weighted by Gasteiger charge is -2.03. The molecule has 1 heterocycles. The molecule has 3 rings (SSSR count). The Morgan fingerprint density at radius 1 is 1.00 bits per heavy atom. The van der Waals surface area contributed by atoms with Crippen LogP contribution >= 0.6 is 12.4 Å². The van der Waals surface area contributed by atoms with Gasteiger partial charge in [-0.1, -0.05) is 30.3 Å². The zero-order chi connectivity index (χ0) is 14.5. The maximum Gasteiger partial charge on any atom is 0.123 e. The zero-order valence-corrected chi connectivity index (χ0v) is 12.6. The Bertz CT molecular complexity index is 715. The average Bonchev–Trinajstić information content (AvgIpc) is 2.97. The van der Waals surface area contributed by atoms with Gasteiger partial charge in [0.25, 0.3) is 0 Å². The Balaban J connectivity index is 0.00000176. The minimum absolute atomic E-state index is 0. The van der Waals surface area contributed by atoms with Gasteiger partial charge in [0.1, 0.15) is 5.82 Å². The van der Waals surface area contributed by atoms with Crippen molar-refractivity contribution in [3.8, 4) is 5.69 Å². The molecule has 1 aromatic heterocycles. The number of para-hydroxylation sites is 1. The molecule has 2 aromatic carbocycles. The van der Waals surface area contributed by atoms with Gasteiger partial charge in [-0.15, -0.1) is 12.4 Å². The number of aromatic nitrogens is 3. The summed E-state index contributed by atoms with van der Waals surface area (Å²) in [5, 5.41) is 11.9. The van der Waals surface area contributed by atoms with Crippen molar-refractivity contribution < 1.29 is 4.39 Å². The largest absolute Gasteiger partial charge is 0.307 e. The summed E-state index contributed by atoms with van der Waals surface area (Å²) >= 11 is 0. The topological polar surface area (TPSA) is 42.7 Å². The lowest BCUT2D eigenvalue weighted by Crippen LogP contribution is -2.13. The Morgan fingerprint density at radius 3 is 2.59 bits per heavy atom. The van der Waals surface area contributed by atoms with E-state index in [0.717, 1.165) is 16.9 Å². The average molecular weight is 319 g/mol. The van der Waals surface area contributed by atoms with Gasteiger partial charge in [0.15, 0.2) is 0 Å². The molecule has 3 aromatic rings. The first kappa shape index (κ1) is 16.1. The summed E-state index contributed by atoms with van der Waals surface area (Å²) in [6.07, 6.45) is 1.73. The number of hydrogen-bond acceptors (Lipinski definition) is 3. The molecule has 0 amide bonds. The summed E-state index contributed by atoms with van der Waals surface area (Å²) in [6, 6.07) is 16.3.